The molecule has 0 aliphatic heterocycles. The first-order valence-corrected chi connectivity index (χ1v) is 10.1. The minimum Gasteiger partial charge on any atom is -0.350 e. The molecule has 0 amide bonds. The van der Waals surface area contributed by atoms with Gasteiger partial charge in [0.25, 0.3) is 0 Å². The van der Waals surface area contributed by atoms with Gasteiger partial charge in [-0.15, -0.1) is 0 Å². The van der Waals surface area contributed by atoms with Gasteiger partial charge >= 0.3 is 0 Å². The fourth-order valence-corrected chi connectivity index (χ4v) is 3.42. The zero-order chi connectivity index (χ0) is 21.6. The lowest BCUT2D eigenvalue weighted by atomic mass is 10.0. The number of aromatic nitrogens is 3. The summed E-state index contributed by atoms with van der Waals surface area (Å²) in [5.41, 5.74) is 8.48. The number of hydrogen-bond acceptors (Lipinski definition) is 4. The van der Waals surface area contributed by atoms with E-state index in [4.69, 9.17) is 0 Å². The number of rotatable bonds is 7. The van der Waals surface area contributed by atoms with Gasteiger partial charge in [-0.2, -0.15) is 0 Å². The summed E-state index contributed by atoms with van der Waals surface area (Å²) in [6, 6.07) is 20.6. The molecule has 2 heterocycles. The molecule has 2 aromatic carbocycles. The Hall–Kier alpha value is -4.05. The summed E-state index contributed by atoms with van der Waals surface area (Å²) in [6.45, 7) is 10.4. The topological polar surface area (TPSA) is 50.7 Å². The average molecular weight is 405 g/mol. The molecule has 1 N–H and O–H groups in total. The zero-order valence-electron chi connectivity index (χ0n) is 17.5. The van der Waals surface area contributed by atoms with Crippen LogP contribution in [-0.4, -0.2) is 15.0 Å². The Balaban J connectivity index is 1.47. The minimum atomic E-state index is 0.597. The second-order valence-corrected chi connectivity index (χ2v) is 7.25. The molecule has 0 unspecified atom stereocenters. The van der Waals surface area contributed by atoms with Crippen molar-refractivity contribution in [3.8, 4) is 22.4 Å². The van der Waals surface area contributed by atoms with Gasteiger partial charge in [0.15, 0.2) is 0 Å². The van der Waals surface area contributed by atoms with Crippen molar-refractivity contribution < 1.29 is 0 Å². The molecule has 4 heteroatoms. The van der Waals surface area contributed by atoms with Gasteiger partial charge in [-0.25, -0.2) is 9.97 Å². The van der Waals surface area contributed by atoms with Crippen LogP contribution in [0, 0.1) is 6.92 Å². The number of nitrogens with one attached hydrogen (secondary N) is 1. The molecule has 4 nitrogen and oxygen atoms in total. The SMILES string of the molecule is C=Cc1ccc(-c2ccnc(NCc3ccc(-c4ccnc(C)c4)cc3)n2)cc1C=C. The first-order chi connectivity index (χ1) is 15.2. The first-order valence-electron chi connectivity index (χ1n) is 10.1. The first kappa shape index (κ1) is 20.2. The lowest BCUT2D eigenvalue weighted by molar-refractivity contribution is 1.06. The molecule has 0 atom stereocenters. The van der Waals surface area contributed by atoms with Crippen LogP contribution in [-0.2, 0) is 6.54 Å². The van der Waals surface area contributed by atoms with Gasteiger partial charge in [-0.05, 0) is 59.0 Å². The molecular weight excluding hydrogens is 380 g/mol. The van der Waals surface area contributed by atoms with Gasteiger partial charge < -0.3 is 5.32 Å². The third-order valence-electron chi connectivity index (χ3n) is 5.11. The molecule has 0 radical (unpaired) electrons. The van der Waals surface area contributed by atoms with Gasteiger partial charge in [0.1, 0.15) is 0 Å². The maximum atomic E-state index is 4.67. The smallest absolute Gasteiger partial charge is 0.223 e. The van der Waals surface area contributed by atoms with Crippen molar-refractivity contribution in [3.63, 3.8) is 0 Å². The van der Waals surface area contributed by atoms with Crippen LogP contribution in [0.25, 0.3) is 34.5 Å². The fraction of sp³-hybridized carbons (Fsp3) is 0.0741. The highest BCUT2D eigenvalue weighted by molar-refractivity contribution is 5.71. The zero-order valence-corrected chi connectivity index (χ0v) is 17.5. The van der Waals surface area contributed by atoms with E-state index in [-0.39, 0.29) is 0 Å². The number of aryl methyl sites for hydroxylation is 1. The van der Waals surface area contributed by atoms with Crippen molar-refractivity contribution in [1.82, 2.24) is 15.0 Å². The molecule has 0 fully saturated rings. The second kappa shape index (κ2) is 9.18. The van der Waals surface area contributed by atoms with E-state index in [1.54, 1.807) is 6.20 Å². The summed E-state index contributed by atoms with van der Waals surface area (Å²) >= 11 is 0. The van der Waals surface area contributed by atoms with Crippen molar-refractivity contribution in [2.45, 2.75) is 13.5 Å². The van der Waals surface area contributed by atoms with Crippen LogP contribution in [0.3, 0.4) is 0 Å². The molecule has 31 heavy (non-hydrogen) atoms. The van der Waals surface area contributed by atoms with Gasteiger partial charge in [-0.1, -0.05) is 61.7 Å². The van der Waals surface area contributed by atoms with E-state index >= 15 is 0 Å². The van der Waals surface area contributed by atoms with Gasteiger partial charge in [0.2, 0.25) is 5.95 Å². The lowest BCUT2D eigenvalue weighted by Gasteiger charge is -2.09. The van der Waals surface area contributed by atoms with E-state index in [1.165, 1.54) is 11.1 Å². The maximum absolute atomic E-state index is 4.67. The summed E-state index contributed by atoms with van der Waals surface area (Å²) < 4.78 is 0. The highest BCUT2D eigenvalue weighted by Gasteiger charge is 2.05. The van der Waals surface area contributed by atoms with Crippen LogP contribution in [0.15, 0.2) is 86.2 Å². The Morgan fingerprint density at radius 1 is 0.774 bits per heavy atom. The van der Waals surface area contributed by atoms with Crippen molar-refractivity contribution in [3.05, 3.63) is 109 Å². The van der Waals surface area contributed by atoms with E-state index in [0.717, 1.165) is 33.6 Å². The number of anilines is 1. The van der Waals surface area contributed by atoms with Gasteiger partial charge in [0.05, 0.1) is 5.69 Å². The van der Waals surface area contributed by atoms with E-state index < -0.39 is 0 Å². The number of hydrogen-bond donors (Lipinski definition) is 1. The Morgan fingerprint density at radius 3 is 2.26 bits per heavy atom. The molecule has 2 aromatic heterocycles. The molecule has 0 bridgehead atoms. The van der Waals surface area contributed by atoms with Crippen LogP contribution >= 0.6 is 0 Å². The van der Waals surface area contributed by atoms with Crippen LogP contribution in [0.2, 0.25) is 0 Å². The predicted octanol–water partition coefficient (Wildman–Crippen LogP) is 6.41. The number of nitrogens with zero attached hydrogens (tertiary/aromatic N) is 3. The standard InChI is InChI=1S/C27H24N4/c1-4-21-10-11-25(17-22(21)5-2)26-13-15-29-27(31-26)30-18-20-6-8-23(9-7-20)24-12-14-28-19(3)16-24/h4-17H,1-2,18H2,3H3,(H,29,30,31). The minimum absolute atomic E-state index is 0.597. The number of benzene rings is 2. The molecule has 0 saturated heterocycles. The third kappa shape index (κ3) is 4.75. The highest BCUT2D eigenvalue weighted by Crippen LogP contribution is 2.24. The summed E-state index contributed by atoms with van der Waals surface area (Å²) in [5, 5.41) is 3.32. The summed E-state index contributed by atoms with van der Waals surface area (Å²) in [7, 11) is 0. The van der Waals surface area contributed by atoms with Crippen molar-refractivity contribution in [1.29, 1.82) is 0 Å². The maximum Gasteiger partial charge on any atom is 0.223 e. The van der Waals surface area contributed by atoms with E-state index in [9.17, 15) is 0 Å². The number of pyridine rings is 1. The molecule has 0 aliphatic carbocycles. The highest BCUT2D eigenvalue weighted by atomic mass is 15.1. The fourth-order valence-electron chi connectivity index (χ4n) is 3.42. The largest absolute Gasteiger partial charge is 0.350 e. The Bertz CT molecular complexity index is 1230. The van der Waals surface area contributed by atoms with Crippen molar-refractivity contribution >= 4 is 18.1 Å². The van der Waals surface area contributed by atoms with E-state index in [1.807, 2.05) is 49.5 Å². The van der Waals surface area contributed by atoms with Crippen LogP contribution in [0.1, 0.15) is 22.4 Å². The second-order valence-electron chi connectivity index (χ2n) is 7.25. The van der Waals surface area contributed by atoms with E-state index in [0.29, 0.717) is 12.5 Å². The van der Waals surface area contributed by atoms with Crippen LogP contribution in [0.4, 0.5) is 5.95 Å². The molecule has 4 aromatic rings. The lowest BCUT2D eigenvalue weighted by Crippen LogP contribution is -2.04. The molecule has 0 saturated carbocycles. The molecular formula is C27H24N4. The van der Waals surface area contributed by atoms with E-state index in [2.05, 4.69) is 69.8 Å². The van der Waals surface area contributed by atoms with Crippen molar-refractivity contribution in [2.24, 2.45) is 0 Å². The monoisotopic (exact) mass is 404 g/mol. The summed E-state index contributed by atoms with van der Waals surface area (Å²) in [5.74, 6) is 0.597. The van der Waals surface area contributed by atoms with Crippen LogP contribution in [0.5, 0.6) is 0 Å². The Morgan fingerprint density at radius 2 is 1.52 bits per heavy atom. The molecule has 0 spiro atoms. The summed E-state index contributed by atoms with van der Waals surface area (Å²) in [6.07, 6.45) is 7.27. The third-order valence-corrected chi connectivity index (χ3v) is 5.11. The molecule has 4 rings (SSSR count). The van der Waals surface area contributed by atoms with Crippen molar-refractivity contribution in [2.75, 3.05) is 5.32 Å². The summed E-state index contributed by atoms with van der Waals surface area (Å²) in [4.78, 5) is 13.3. The normalized spacial score (nSPS) is 10.5. The average Bonchev–Trinajstić information content (AvgIpc) is 2.83. The predicted molar refractivity (Wildman–Crippen MR) is 129 cm³/mol. The molecule has 0 aliphatic rings. The quantitative estimate of drug-likeness (QED) is 0.386. The Labute approximate surface area is 183 Å². The van der Waals surface area contributed by atoms with Gasteiger partial charge in [-0.3, -0.25) is 4.98 Å². The Kier molecular flexibility index (Phi) is 5.99. The van der Waals surface area contributed by atoms with Gasteiger partial charge in [0, 0.05) is 30.2 Å². The van der Waals surface area contributed by atoms with Crippen LogP contribution < -0.4 is 5.32 Å². The molecule has 152 valence electrons.